The summed E-state index contributed by atoms with van der Waals surface area (Å²) in [7, 11) is 0. The van der Waals surface area contributed by atoms with Gasteiger partial charge in [-0.25, -0.2) is 4.98 Å². The molecule has 4 aromatic rings. The molecule has 222 valence electrons. The number of pyridine rings is 1. The number of hydrogen-bond acceptors (Lipinski definition) is 7. The molecule has 0 spiro atoms. The van der Waals surface area contributed by atoms with Gasteiger partial charge in [0.05, 0.1) is 19.1 Å². The second-order valence-corrected chi connectivity index (χ2v) is 10.9. The molecule has 1 unspecified atom stereocenters. The Hall–Kier alpha value is -4.92. The van der Waals surface area contributed by atoms with Gasteiger partial charge in [0.15, 0.2) is 0 Å². The SMILES string of the molecule is CCOC(=O)CC1NC(=O)[C@H](Nc2ccc3c(N)nccc3c2)c2cc(C)c(c(C)c2)CCCC(=O)Nc2cccc1c2. The summed E-state index contributed by atoms with van der Waals surface area (Å²) >= 11 is 0. The van der Waals surface area contributed by atoms with E-state index in [-0.39, 0.29) is 24.8 Å². The summed E-state index contributed by atoms with van der Waals surface area (Å²) in [5.41, 5.74) is 12.1. The zero-order valence-electron chi connectivity index (χ0n) is 24.7. The van der Waals surface area contributed by atoms with Crippen molar-refractivity contribution in [2.75, 3.05) is 23.0 Å². The Morgan fingerprint density at radius 3 is 2.58 bits per heavy atom. The lowest BCUT2D eigenvalue weighted by Gasteiger charge is -2.26. The van der Waals surface area contributed by atoms with Crippen LogP contribution in [0.1, 0.15) is 66.1 Å². The van der Waals surface area contributed by atoms with Gasteiger partial charge in [0.25, 0.3) is 0 Å². The molecular formula is C34H37N5O4. The van der Waals surface area contributed by atoms with E-state index in [4.69, 9.17) is 10.5 Å². The van der Waals surface area contributed by atoms with Gasteiger partial charge in [0.1, 0.15) is 11.9 Å². The van der Waals surface area contributed by atoms with Gasteiger partial charge in [-0.05, 0) is 103 Å². The van der Waals surface area contributed by atoms with Crippen molar-refractivity contribution in [1.29, 1.82) is 0 Å². The normalized spacial score (nSPS) is 17.3. The maximum atomic E-state index is 14.2. The highest BCUT2D eigenvalue weighted by Crippen LogP contribution is 2.30. The molecule has 0 aliphatic carbocycles. The van der Waals surface area contributed by atoms with Crippen LogP contribution in [0.2, 0.25) is 0 Å². The molecule has 0 radical (unpaired) electrons. The fourth-order valence-electron chi connectivity index (χ4n) is 5.72. The molecule has 0 fully saturated rings. The highest BCUT2D eigenvalue weighted by atomic mass is 16.5. The molecule has 5 N–H and O–H groups in total. The summed E-state index contributed by atoms with van der Waals surface area (Å²) in [6, 6.07) is 17.4. The van der Waals surface area contributed by atoms with Crippen LogP contribution in [0.5, 0.6) is 0 Å². The molecule has 2 atom stereocenters. The molecule has 43 heavy (non-hydrogen) atoms. The Balaban J connectivity index is 1.58. The number of nitrogens with one attached hydrogen (secondary N) is 3. The first-order chi connectivity index (χ1) is 20.7. The third-order valence-electron chi connectivity index (χ3n) is 7.82. The molecular weight excluding hydrogens is 542 g/mol. The molecule has 6 rings (SSSR count). The smallest absolute Gasteiger partial charge is 0.308 e. The van der Waals surface area contributed by atoms with Crippen molar-refractivity contribution in [2.45, 2.75) is 58.5 Å². The number of benzene rings is 3. The molecule has 2 amide bonds. The number of nitrogens with two attached hydrogens (primary N) is 1. The number of carbonyl (C=O) groups excluding carboxylic acids is 3. The van der Waals surface area contributed by atoms with Crippen molar-refractivity contribution in [3.8, 4) is 0 Å². The zero-order chi connectivity index (χ0) is 30.5. The predicted molar refractivity (Wildman–Crippen MR) is 169 cm³/mol. The van der Waals surface area contributed by atoms with Crippen molar-refractivity contribution in [1.82, 2.24) is 10.3 Å². The monoisotopic (exact) mass is 579 g/mol. The maximum absolute atomic E-state index is 14.2. The number of nitrogen functional groups attached to an aromatic ring is 1. The van der Waals surface area contributed by atoms with Crippen molar-refractivity contribution >= 4 is 45.7 Å². The van der Waals surface area contributed by atoms with Crippen molar-refractivity contribution in [3.05, 3.63) is 94.7 Å². The summed E-state index contributed by atoms with van der Waals surface area (Å²) in [6.07, 6.45) is 3.40. The fraction of sp³-hybridized carbons (Fsp3) is 0.294. The molecule has 3 aromatic carbocycles. The number of aromatic nitrogens is 1. The van der Waals surface area contributed by atoms with Crippen molar-refractivity contribution in [2.24, 2.45) is 0 Å². The number of amides is 2. The average Bonchev–Trinajstić information content (AvgIpc) is 2.96. The summed E-state index contributed by atoms with van der Waals surface area (Å²) in [6.45, 7) is 6.04. The molecule has 0 saturated carbocycles. The molecule has 9 heteroatoms. The Morgan fingerprint density at radius 1 is 1.02 bits per heavy atom. The highest BCUT2D eigenvalue weighted by molar-refractivity contribution is 5.94. The van der Waals surface area contributed by atoms with E-state index >= 15 is 0 Å². The molecule has 4 bridgehead atoms. The molecule has 2 aliphatic heterocycles. The number of hydrogen-bond donors (Lipinski definition) is 4. The number of anilines is 3. The van der Waals surface area contributed by atoms with Crippen molar-refractivity contribution in [3.63, 3.8) is 0 Å². The lowest BCUT2D eigenvalue weighted by atomic mass is 9.92. The lowest BCUT2D eigenvalue weighted by molar-refractivity contribution is -0.143. The minimum atomic E-state index is -0.774. The maximum Gasteiger partial charge on any atom is 0.308 e. The number of ether oxygens (including phenoxy) is 1. The van der Waals surface area contributed by atoms with Gasteiger partial charge in [-0.2, -0.15) is 0 Å². The van der Waals surface area contributed by atoms with Crippen LogP contribution >= 0.6 is 0 Å². The number of nitrogens with zero attached hydrogens (tertiary/aromatic N) is 1. The third-order valence-corrected chi connectivity index (χ3v) is 7.82. The molecule has 3 heterocycles. The Bertz CT molecular complexity index is 1660. The van der Waals surface area contributed by atoms with Gasteiger partial charge in [0, 0.05) is 29.4 Å². The molecule has 0 saturated heterocycles. The Morgan fingerprint density at radius 2 is 1.81 bits per heavy atom. The fourth-order valence-corrected chi connectivity index (χ4v) is 5.72. The highest BCUT2D eigenvalue weighted by Gasteiger charge is 2.27. The second-order valence-electron chi connectivity index (χ2n) is 10.9. The summed E-state index contributed by atoms with van der Waals surface area (Å²) in [5, 5.41) is 11.2. The quantitative estimate of drug-likeness (QED) is 0.224. The summed E-state index contributed by atoms with van der Waals surface area (Å²) in [4.78, 5) is 43.8. The van der Waals surface area contributed by atoms with E-state index in [0.29, 0.717) is 29.9 Å². The summed E-state index contributed by atoms with van der Waals surface area (Å²) in [5.74, 6) is -0.387. The van der Waals surface area contributed by atoms with Crippen LogP contribution in [0.15, 0.2) is 66.9 Å². The number of aryl methyl sites for hydroxylation is 2. The van der Waals surface area contributed by atoms with Crippen LogP contribution in [0.4, 0.5) is 17.2 Å². The van der Waals surface area contributed by atoms with Crippen LogP contribution in [-0.4, -0.2) is 29.4 Å². The van der Waals surface area contributed by atoms with E-state index < -0.39 is 18.1 Å². The van der Waals surface area contributed by atoms with E-state index in [0.717, 1.165) is 39.6 Å². The van der Waals surface area contributed by atoms with Gasteiger partial charge >= 0.3 is 5.97 Å². The minimum absolute atomic E-state index is 0.0665. The predicted octanol–water partition coefficient (Wildman–Crippen LogP) is 5.67. The van der Waals surface area contributed by atoms with E-state index in [9.17, 15) is 14.4 Å². The Labute approximate surface area is 251 Å². The van der Waals surface area contributed by atoms with Gasteiger partial charge in [-0.1, -0.05) is 24.3 Å². The first-order valence-corrected chi connectivity index (χ1v) is 14.6. The third kappa shape index (κ3) is 6.94. The van der Waals surface area contributed by atoms with Gasteiger partial charge in [0.2, 0.25) is 11.8 Å². The van der Waals surface area contributed by atoms with Crippen LogP contribution in [0.3, 0.4) is 0 Å². The van der Waals surface area contributed by atoms with Gasteiger partial charge in [-0.15, -0.1) is 0 Å². The first-order valence-electron chi connectivity index (χ1n) is 14.6. The van der Waals surface area contributed by atoms with E-state index in [2.05, 4.69) is 20.9 Å². The summed E-state index contributed by atoms with van der Waals surface area (Å²) < 4.78 is 5.24. The van der Waals surface area contributed by atoms with Crippen LogP contribution < -0.4 is 21.7 Å². The van der Waals surface area contributed by atoms with E-state index in [1.54, 1.807) is 31.3 Å². The average molecular weight is 580 g/mol. The number of carbonyl (C=O) groups is 3. The number of esters is 1. The largest absolute Gasteiger partial charge is 0.466 e. The topological polar surface area (TPSA) is 135 Å². The zero-order valence-corrected chi connectivity index (χ0v) is 24.7. The van der Waals surface area contributed by atoms with Gasteiger partial charge < -0.3 is 26.4 Å². The number of rotatable bonds is 5. The van der Waals surface area contributed by atoms with E-state index in [1.165, 1.54) is 5.56 Å². The first kappa shape index (κ1) is 29.6. The standard InChI is InChI=1S/C34H37N5O4/c1-4-43-31(41)19-29-23-7-5-8-25(18-23)37-30(40)10-6-9-27-20(2)15-24(16-21(27)3)32(34(42)39-29)38-26-11-12-28-22(17-26)13-14-36-33(28)35/h5,7-8,11-18,29,32,38H,4,6,9-10,19H2,1-3H3,(H2,35,36)(H,37,40)(H,39,42)/t29?,32-/m1/s1. The van der Waals surface area contributed by atoms with Crippen LogP contribution in [0.25, 0.3) is 10.8 Å². The molecule has 2 aliphatic rings. The Kier molecular flexibility index (Phi) is 8.90. The lowest BCUT2D eigenvalue weighted by Crippen LogP contribution is -2.37. The second kappa shape index (κ2) is 12.9. The van der Waals surface area contributed by atoms with Gasteiger partial charge in [-0.3, -0.25) is 14.4 Å². The molecule has 9 nitrogen and oxygen atoms in total. The van der Waals surface area contributed by atoms with Crippen LogP contribution in [0, 0.1) is 13.8 Å². The van der Waals surface area contributed by atoms with E-state index in [1.807, 2.05) is 56.3 Å². The molecule has 1 aromatic heterocycles. The van der Waals surface area contributed by atoms with Crippen LogP contribution in [-0.2, 0) is 25.5 Å². The minimum Gasteiger partial charge on any atom is -0.466 e. The number of fused-ring (bicyclic) bond motifs is 10. The van der Waals surface area contributed by atoms with Crippen molar-refractivity contribution < 1.29 is 19.1 Å².